The molecule has 0 aliphatic rings. The smallest absolute Gasteiger partial charge is 0.134 e. The third-order valence-electron chi connectivity index (χ3n) is 4.05. The highest BCUT2D eigenvalue weighted by Gasteiger charge is 2.26. The van der Waals surface area contributed by atoms with Crippen LogP contribution in [0.2, 0.25) is 0 Å². The summed E-state index contributed by atoms with van der Waals surface area (Å²) in [5.74, 6) is -0.198. The zero-order chi connectivity index (χ0) is 18.4. The molecule has 0 saturated carbocycles. The number of hydrogen-bond donors (Lipinski definition) is 0. The van der Waals surface area contributed by atoms with E-state index >= 15 is 0 Å². The van der Waals surface area contributed by atoms with Gasteiger partial charge in [-0.05, 0) is 19.1 Å². The lowest BCUT2D eigenvalue weighted by molar-refractivity contribution is 0.355. The first-order chi connectivity index (χ1) is 12.1. The standard InChI is InChI=1S/C21H22F2O2/c1-5-9-17(22)14(6-2)15-12-13-19(24-3)20(21(15)25-4)16-10-7-8-11-18(16)23/h5-14,17H,2H2,1,3-4H3/b9-5-. The number of alkyl halides is 1. The van der Waals surface area contributed by atoms with Gasteiger partial charge in [-0.1, -0.05) is 42.5 Å². The van der Waals surface area contributed by atoms with Gasteiger partial charge >= 0.3 is 0 Å². The number of allylic oxidation sites excluding steroid dienone is 3. The van der Waals surface area contributed by atoms with Crippen molar-refractivity contribution in [3.63, 3.8) is 0 Å². The SMILES string of the molecule is C=CC(c1ccc(OC)c(-c2ccccc2F)c1OC)C(F)/C=C\C. The van der Waals surface area contributed by atoms with Crippen LogP contribution in [0.25, 0.3) is 11.1 Å². The van der Waals surface area contributed by atoms with Gasteiger partial charge in [-0.2, -0.15) is 0 Å². The van der Waals surface area contributed by atoms with E-state index < -0.39 is 17.9 Å². The fourth-order valence-corrected chi connectivity index (χ4v) is 2.88. The quantitative estimate of drug-likeness (QED) is 0.600. The number of benzene rings is 2. The van der Waals surface area contributed by atoms with Crippen molar-refractivity contribution in [3.05, 3.63) is 72.6 Å². The largest absolute Gasteiger partial charge is 0.496 e. The summed E-state index contributed by atoms with van der Waals surface area (Å²) in [7, 11) is 2.98. The molecular weight excluding hydrogens is 322 g/mol. The van der Waals surface area contributed by atoms with E-state index in [4.69, 9.17) is 9.47 Å². The van der Waals surface area contributed by atoms with Gasteiger partial charge in [-0.3, -0.25) is 0 Å². The van der Waals surface area contributed by atoms with Crippen LogP contribution < -0.4 is 9.47 Å². The van der Waals surface area contributed by atoms with Gasteiger partial charge in [0.2, 0.25) is 0 Å². The number of rotatable bonds is 7. The molecule has 25 heavy (non-hydrogen) atoms. The maximum absolute atomic E-state index is 14.5. The van der Waals surface area contributed by atoms with Crippen LogP contribution >= 0.6 is 0 Å². The first kappa shape index (κ1) is 18.7. The Morgan fingerprint density at radius 3 is 2.36 bits per heavy atom. The lowest BCUT2D eigenvalue weighted by atomic mass is 9.89. The Bertz CT molecular complexity index is 768. The zero-order valence-electron chi connectivity index (χ0n) is 14.6. The molecule has 0 aromatic heterocycles. The third kappa shape index (κ3) is 3.73. The molecule has 0 amide bonds. The molecule has 2 rings (SSSR count). The number of hydrogen-bond acceptors (Lipinski definition) is 2. The van der Waals surface area contributed by atoms with Crippen molar-refractivity contribution >= 4 is 0 Å². The van der Waals surface area contributed by atoms with Crippen molar-refractivity contribution in [3.8, 4) is 22.6 Å². The second kappa shape index (κ2) is 8.47. The molecular formula is C21H22F2O2. The van der Waals surface area contributed by atoms with Crippen molar-refractivity contribution in [2.75, 3.05) is 14.2 Å². The highest BCUT2D eigenvalue weighted by atomic mass is 19.1. The fourth-order valence-electron chi connectivity index (χ4n) is 2.88. The second-order valence-corrected chi connectivity index (χ2v) is 5.48. The zero-order valence-corrected chi connectivity index (χ0v) is 14.6. The van der Waals surface area contributed by atoms with E-state index in [0.717, 1.165) is 0 Å². The molecule has 4 heteroatoms. The molecule has 0 aliphatic heterocycles. The van der Waals surface area contributed by atoms with Gasteiger partial charge in [0, 0.05) is 17.0 Å². The van der Waals surface area contributed by atoms with Gasteiger partial charge in [0.1, 0.15) is 23.5 Å². The molecule has 2 unspecified atom stereocenters. The minimum Gasteiger partial charge on any atom is -0.496 e. The molecule has 2 aromatic rings. The average molecular weight is 344 g/mol. The molecule has 0 heterocycles. The summed E-state index contributed by atoms with van der Waals surface area (Å²) in [6.07, 6.45) is 3.37. The van der Waals surface area contributed by atoms with Crippen LogP contribution in [0, 0.1) is 5.82 Å². The van der Waals surface area contributed by atoms with Crippen molar-refractivity contribution in [1.82, 2.24) is 0 Å². The minimum atomic E-state index is -1.27. The lowest BCUT2D eigenvalue weighted by Gasteiger charge is -2.22. The summed E-state index contributed by atoms with van der Waals surface area (Å²) in [5.41, 5.74) is 1.38. The van der Waals surface area contributed by atoms with Crippen molar-refractivity contribution < 1.29 is 18.3 Å². The van der Waals surface area contributed by atoms with E-state index in [1.165, 1.54) is 32.4 Å². The summed E-state index contributed by atoms with van der Waals surface area (Å²) >= 11 is 0. The molecule has 132 valence electrons. The Hall–Kier alpha value is -2.62. The highest BCUT2D eigenvalue weighted by molar-refractivity contribution is 5.79. The molecule has 0 fully saturated rings. The topological polar surface area (TPSA) is 18.5 Å². The Balaban J connectivity index is 2.75. The summed E-state index contributed by atoms with van der Waals surface area (Å²) in [5, 5.41) is 0. The van der Waals surface area contributed by atoms with Crippen LogP contribution in [0.5, 0.6) is 11.5 Å². The van der Waals surface area contributed by atoms with E-state index in [9.17, 15) is 8.78 Å². The Kier molecular flexibility index (Phi) is 6.34. The normalized spacial score (nSPS) is 13.5. The maximum atomic E-state index is 14.5. The number of ether oxygens (including phenoxy) is 2. The van der Waals surface area contributed by atoms with Gasteiger partial charge in [0.15, 0.2) is 0 Å². The summed E-state index contributed by atoms with van der Waals surface area (Å²) < 4.78 is 39.9. The van der Waals surface area contributed by atoms with Gasteiger partial charge < -0.3 is 9.47 Å². The van der Waals surface area contributed by atoms with Gasteiger partial charge in [-0.25, -0.2) is 8.78 Å². The summed E-state index contributed by atoms with van der Waals surface area (Å²) in [4.78, 5) is 0. The third-order valence-corrected chi connectivity index (χ3v) is 4.05. The maximum Gasteiger partial charge on any atom is 0.134 e. The number of halogens is 2. The van der Waals surface area contributed by atoms with Crippen LogP contribution in [-0.2, 0) is 0 Å². The van der Waals surface area contributed by atoms with E-state index in [1.54, 1.807) is 43.3 Å². The van der Waals surface area contributed by atoms with Crippen LogP contribution in [0.15, 0.2) is 61.2 Å². The predicted octanol–water partition coefficient (Wildman–Crippen LogP) is 5.69. The Morgan fingerprint density at radius 2 is 1.80 bits per heavy atom. The first-order valence-corrected chi connectivity index (χ1v) is 7.98. The highest BCUT2D eigenvalue weighted by Crippen LogP contribution is 2.45. The van der Waals surface area contributed by atoms with Crippen LogP contribution in [0.1, 0.15) is 18.4 Å². The van der Waals surface area contributed by atoms with Gasteiger partial charge in [0.05, 0.1) is 19.8 Å². The van der Waals surface area contributed by atoms with E-state index in [2.05, 4.69) is 6.58 Å². The van der Waals surface area contributed by atoms with E-state index in [0.29, 0.717) is 28.2 Å². The van der Waals surface area contributed by atoms with Crippen LogP contribution in [0.3, 0.4) is 0 Å². The van der Waals surface area contributed by atoms with E-state index in [1.807, 2.05) is 0 Å². The van der Waals surface area contributed by atoms with E-state index in [-0.39, 0.29) is 0 Å². The molecule has 2 nitrogen and oxygen atoms in total. The molecule has 0 bridgehead atoms. The number of methoxy groups -OCH3 is 2. The molecule has 0 radical (unpaired) electrons. The van der Waals surface area contributed by atoms with Crippen molar-refractivity contribution in [2.45, 2.75) is 19.0 Å². The predicted molar refractivity (Wildman–Crippen MR) is 97.6 cm³/mol. The Morgan fingerprint density at radius 1 is 1.08 bits per heavy atom. The monoisotopic (exact) mass is 344 g/mol. The molecule has 2 aromatic carbocycles. The van der Waals surface area contributed by atoms with Gasteiger partial charge in [0.25, 0.3) is 0 Å². The molecule has 0 N–H and O–H groups in total. The molecule has 0 saturated heterocycles. The second-order valence-electron chi connectivity index (χ2n) is 5.48. The minimum absolute atomic E-state index is 0.335. The summed E-state index contributed by atoms with van der Waals surface area (Å²) in [6, 6.07) is 9.76. The molecule has 2 atom stereocenters. The fraction of sp³-hybridized carbons (Fsp3) is 0.238. The molecule has 0 aliphatic carbocycles. The Labute approximate surface area is 147 Å². The van der Waals surface area contributed by atoms with Gasteiger partial charge in [-0.15, -0.1) is 6.58 Å². The first-order valence-electron chi connectivity index (χ1n) is 7.98. The lowest BCUT2D eigenvalue weighted by Crippen LogP contribution is -2.11. The molecule has 0 spiro atoms. The van der Waals surface area contributed by atoms with Crippen LogP contribution in [-0.4, -0.2) is 20.4 Å². The van der Waals surface area contributed by atoms with Crippen molar-refractivity contribution in [1.29, 1.82) is 0 Å². The summed E-state index contributed by atoms with van der Waals surface area (Å²) in [6.45, 7) is 5.50. The average Bonchev–Trinajstić information content (AvgIpc) is 2.62. The van der Waals surface area contributed by atoms with Crippen LogP contribution in [0.4, 0.5) is 8.78 Å². The van der Waals surface area contributed by atoms with Crippen molar-refractivity contribution in [2.24, 2.45) is 0 Å².